The monoisotopic (exact) mass is 339 g/mol. The molecule has 3 heteroatoms. The van der Waals surface area contributed by atoms with Crippen LogP contribution in [0.2, 0.25) is 0 Å². The molecule has 0 aliphatic heterocycles. The van der Waals surface area contributed by atoms with Crippen LogP contribution >= 0.6 is 0 Å². The molecule has 142 valence electrons. The lowest BCUT2D eigenvalue weighted by Crippen LogP contribution is -2.22. The van der Waals surface area contributed by atoms with Crippen LogP contribution in [0.4, 0.5) is 0 Å². The maximum absolute atomic E-state index is 11.1. The third kappa shape index (κ3) is 17.5. The lowest BCUT2D eigenvalue weighted by atomic mass is 10.0. The first kappa shape index (κ1) is 23.2. The van der Waals surface area contributed by atoms with Crippen LogP contribution in [0.1, 0.15) is 104 Å². The van der Waals surface area contributed by atoms with Crippen LogP contribution in [0, 0.1) is 0 Å². The molecular weight excluding hydrogens is 298 g/mol. The fourth-order valence-electron chi connectivity index (χ4n) is 2.76. The van der Waals surface area contributed by atoms with E-state index in [-0.39, 0.29) is 5.97 Å². The molecule has 0 heterocycles. The van der Waals surface area contributed by atoms with E-state index in [9.17, 15) is 4.79 Å². The second kappa shape index (κ2) is 18.5. The summed E-state index contributed by atoms with van der Waals surface area (Å²) in [4.78, 5) is 11.1. The number of carbonyl (C=O) groups is 1. The molecule has 0 spiro atoms. The number of ether oxygens (including phenoxy) is 1. The summed E-state index contributed by atoms with van der Waals surface area (Å²) in [6.45, 7) is 8.70. The predicted octanol–water partition coefficient (Wildman–Crippen LogP) is 6.13. The molecule has 0 radical (unpaired) electrons. The van der Waals surface area contributed by atoms with Crippen LogP contribution in [-0.4, -0.2) is 19.2 Å². The van der Waals surface area contributed by atoms with Gasteiger partial charge in [-0.3, -0.25) is 5.32 Å². The molecule has 3 nitrogen and oxygen atoms in total. The maximum atomic E-state index is 11.1. The average molecular weight is 340 g/mol. The van der Waals surface area contributed by atoms with Crippen molar-refractivity contribution in [1.82, 2.24) is 5.32 Å². The summed E-state index contributed by atoms with van der Waals surface area (Å²) in [5.74, 6) is -0.316. The van der Waals surface area contributed by atoms with Crippen LogP contribution in [0.15, 0.2) is 12.2 Å². The van der Waals surface area contributed by atoms with Crippen molar-refractivity contribution in [3.05, 3.63) is 12.2 Å². The van der Waals surface area contributed by atoms with Crippen molar-refractivity contribution in [2.45, 2.75) is 104 Å². The second-order valence-electron chi connectivity index (χ2n) is 6.95. The van der Waals surface area contributed by atoms with Crippen molar-refractivity contribution in [1.29, 1.82) is 0 Å². The summed E-state index contributed by atoms with van der Waals surface area (Å²) in [5, 5.41) is 3.13. The zero-order valence-corrected chi connectivity index (χ0v) is 16.3. The van der Waals surface area contributed by atoms with Gasteiger partial charge < -0.3 is 4.74 Å². The molecule has 0 unspecified atom stereocenters. The van der Waals surface area contributed by atoms with Gasteiger partial charge >= 0.3 is 5.97 Å². The Labute approximate surface area is 150 Å². The molecule has 0 aliphatic carbocycles. The highest BCUT2D eigenvalue weighted by atomic mass is 16.5. The van der Waals surface area contributed by atoms with Gasteiger partial charge in [-0.25, -0.2) is 4.79 Å². The van der Waals surface area contributed by atoms with Crippen molar-refractivity contribution in [3.63, 3.8) is 0 Å². The van der Waals surface area contributed by atoms with Gasteiger partial charge in [-0.05, 0) is 19.9 Å². The van der Waals surface area contributed by atoms with E-state index in [4.69, 9.17) is 4.74 Å². The number of hydrogen-bond donors (Lipinski definition) is 1. The zero-order chi connectivity index (χ0) is 17.9. The van der Waals surface area contributed by atoms with E-state index in [1.807, 2.05) is 0 Å². The van der Waals surface area contributed by atoms with Crippen molar-refractivity contribution in [2.24, 2.45) is 0 Å². The Morgan fingerprint density at radius 3 is 1.62 bits per heavy atom. The molecular formula is C21H41NO2. The fraction of sp³-hybridized carbons (Fsp3) is 0.857. The average Bonchev–Trinajstić information content (AvgIpc) is 2.57. The van der Waals surface area contributed by atoms with Crippen LogP contribution < -0.4 is 5.32 Å². The Hall–Kier alpha value is -0.830. The summed E-state index contributed by atoms with van der Waals surface area (Å²) >= 11 is 0. The van der Waals surface area contributed by atoms with Gasteiger partial charge in [0.15, 0.2) is 0 Å². The standard InChI is InChI=1S/C21H41NO2/c1-4-5-6-7-8-9-10-11-12-13-14-15-16-17-18-22-19-24-21(23)20(2)3/h22H,2,4-19H2,1,3H3. The van der Waals surface area contributed by atoms with Crippen molar-refractivity contribution >= 4 is 5.97 Å². The number of nitrogens with one attached hydrogen (secondary N) is 1. The van der Waals surface area contributed by atoms with Gasteiger partial charge in [0.25, 0.3) is 0 Å². The van der Waals surface area contributed by atoms with Gasteiger partial charge in [0, 0.05) is 5.57 Å². The van der Waals surface area contributed by atoms with E-state index in [0.29, 0.717) is 12.3 Å². The molecule has 0 fully saturated rings. The summed E-state index contributed by atoms with van der Waals surface area (Å²) in [6.07, 6.45) is 19.3. The molecule has 0 bridgehead atoms. The lowest BCUT2D eigenvalue weighted by molar-refractivity contribution is -0.139. The number of esters is 1. The van der Waals surface area contributed by atoms with Crippen LogP contribution in [-0.2, 0) is 9.53 Å². The molecule has 0 aromatic heterocycles. The Bertz CT molecular complexity index is 302. The van der Waals surface area contributed by atoms with Crippen LogP contribution in [0.25, 0.3) is 0 Å². The fourth-order valence-corrected chi connectivity index (χ4v) is 2.76. The summed E-state index contributed by atoms with van der Waals surface area (Å²) in [6, 6.07) is 0. The highest BCUT2D eigenvalue weighted by molar-refractivity contribution is 5.86. The molecule has 0 saturated carbocycles. The molecule has 24 heavy (non-hydrogen) atoms. The number of carbonyl (C=O) groups excluding carboxylic acids is 1. The summed E-state index contributed by atoms with van der Waals surface area (Å²) in [7, 11) is 0. The minimum atomic E-state index is -0.316. The van der Waals surface area contributed by atoms with Gasteiger partial charge in [0.1, 0.15) is 6.73 Å². The predicted molar refractivity (Wildman–Crippen MR) is 104 cm³/mol. The zero-order valence-electron chi connectivity index (χ0n) is 16.3. The van der Waals surface area contributed by atoms with Gasteiger partial charge in [-0.1, -0.05) is 97.0 Å². The van der Waals surface area contributed by atoms with E-state index in [1.165, 1.54) is 83.5 Å². The van der Waals surface area contributed by atoms with Gasteiger partial charge in [0.2, 0.25) is 0 Å². The van der Waals surface area contributed by atoms with E-state index in [1.54, 1.807) is 6.92 Å². The molecule has 1 N–H and O–H groups in total. The maximum Gasteiger partial charge on any atom is 0.334 e. The van der Waals surface area contributed by atoms with E-state index < -0.39 is 0 Å². The number of unbranched alkanes of at least 4 members (excludes halogenated alkanes) is 13. The molecule has 0 rings (SSSR count). The Kier molecular flexibility index (Phi) is 17.9. The van der Waals surface area contributed by atoms with Crippen LogP contribution in [0.5, 0.6) is 0 Å². The van der Waals surface area contributed by atoms with Gasteiger partial charge in [-0.15, -0.1) is 0 Å². The first-order chi connectivity index (χ1) is 11.7. The third-order valence-electron chi connectivity index (χ3n) is 4.36. The smallest absolute Gasteiger partial charge is 0.334 e. The second-order valence-corrected chi connectivity index (χ2v) is 6.95. The Morgan fingerprint density at radius 1 is 0.792 bits per heavy atom. The van der Waals surface area contributed by atoms with E-state index in [0.717, 1.165) is 13.0 Å². The molecule has 0 aromatic rings. The quantitative estimate of drug-likeness (QED) is 0.141. The summed E-state index contributed by atoms with van der Waals surface area (Å²) < 4.78 is 4.97. The van der Waals surface area contributed by atoms with E-state index >= 15 is 0 Å². The van der Waals surface area contributed by atoms with Crippen molar-refractivity contribution in [3.8, 4) is 0 Å². The van der Waals surface area contributed by atoms with Crippen molar-refractivity contribution in [2.75, 3.05) is 13.3 Å². The highest BCUT2D eigenvalue weighted by Crippen LogP contribution is 2.12. The Balaban J connectivity index is 3.05. The topological polar surface area (TPSA) is 38.3 Å². The summed E-state index contributed by atoms with van der Waals surface area (Å²) in [5.41, 5.74) is 0.452. The highest BCUT2D eigenvalue weighted by Gasteiger charge is 2.01. The molecule has 0 amide bonds. The van der Waals surface area contributed by atoms with E-state index in [2.05, 4.69) is 18.8 Å². The lowest BCUT2D eigenvalue weighted by Gasteiger charge is -2.06. The minimum absolute atomic E-state index is 0.296. The first-order valence-electron chi connectivity index (χ1n) is 10.2. The van der Waals surface area contributed by atoms with Crippen molar-refractivity contribution < 1.29 is 9.53 Å². The number of rotatable bonds is 18. The largest absolute Gasteiger partial charge is 0.446 e. The first-order valence-corrected chi connectivity index (χ1v) is 10.2. The molecule has 0 atom stereocenters. The third-order valence-corrected chi connectivity index (χ3v) is 4.36. The minimum Gasteiger partial charge on any atom is -0.446 e. The normalized spacial score (nSPS) is 10.8. The molecule has 0 saturated heterocycles. The van der Waals surface area contributed by atoms with Gasteiger partial charge in [0.05, 0.1) is 0 Å². The molecule has 0 aliphatic rings. The van der Waals surface area contributed by atoms with Crippen LogP contribution in [0.3, 0.4) is 0 Å². The Morgan fingerprint density at radius 2 is 1.21 bits per heavy atom. The number of hydrogen-bond acceptors (Lipinski definition) is 3. The van der Waals surface area contributed by atoms with Gasteiger partial charge in [-0.2, -0.15) is 0 Å². The SMILES string of the molecule is C=C(C)C(=O)OCNCCCCCCCCCCCCCCCC. The molecule has 0 aromatic carbocycles.